The van der Waals surface area contributed by atoms with Crippen molar-refractivity contribution in [3.63, 3.8) is 0 Å². The number of hydrogen-bond donors (Lipinski definition) is 1. The third kappa shape index (κ3) is 2.74. The van der Waals surface area contributed by atoms with E-state index in [1.54, 1.807) is 18.2 Å². The van der Waals surface area contributed by atoms with Gasteiger partial charge >= 0.3 is 0 Å². The van der Waals surface area contributed by atoms with E-state index in [1.807, 2.05) is 19.1 Å². The number of hydrogen-bond acceptors (Lipinski definition) is 4. The second-order valence-electron chi connectivity index (χ2n) is 3.64. The van der Waals surface area contributed by atoms with Gasteiger partial charge in [-0.3, -0.25) is 0 Å². The zero-order valence-electron chi connectivity index (χ0n) is 9.83. The quantitative estimate of drug-likeness (QED) is 0.677. The summed E-state index contributed by atoms with van der Waals surface area (Å²) in [7, 11) is -3.52. The molecule has 1 aliphatic heterocycles. The lowest BCUT2D eigenvalue weighted by atomic mass is 10.3. The molecule has 0 spiro atoms. The molecule has 0 radical (unpaired) electrons. The molecule has 18 heavy (non-hydrogen) atoms. The molecular formula is C11H13N3O2S2. The Hall–Kier alpha value is -1.31. The summed E-state index contributed by atoms with van der Waals surface area (Å²) >= 11 is 1.01. The zero-order valence-corrected chi connectivity index (χ0v) is 11.5. The molecule has 5 nitrogen and oxygen atoms in total. The molecule has 0 fully saturated rings. The molecule has 1 aliphatic rings. The molecule has 0 aromatic heterocycles. The van der Waals surface area contributed by atoms with Crippen LogP contribution in [0.5, 0.6) is 0 Å². The van der Waals surface area contributed by atoms with Crippen LogP contribution in [0.3, 0.4) is 0 Å². The first-order chi connectivity index (χ1) is 8.65. The fourth-order valence-electron chi connectivity index (χ4n) is 1.52. The Labute approximate surface area is 110 Å². The molecular weight excluding hydrogens is 270 g/mol. The van der Waals surface area contributed by atoms with Crippen LogP contribution in [0.1, 0.15) is 13.3 Å². The van der Waals surface area contributed by atoms with Crippen LogP contribution in [0, 0.1) is 0 Å². The van der Waals surface area contributed by atoms with Crippen LogP contribution < -0.4 is 4.72 Å². The van der Waals surface area contributed by atoms with E-state index in [2.05, 4.69) is 13.4 Å². The predicted molar refractivity (Wildman–Crippen MR) is 72.6 cm³/mol. The SMILES string of the molecule is C/C=C/CCNS(=O)(=O)c1cccc2c1N=S=N2. The normalized spacial score (nSPS) is 13.8. The Morgan fingerprint density at radius 3 is 3.00 bits per heavy atom. The van der Waals surface area contributed by atoms with Gasteiger partial charge in [-0.25, -0.2) is 13.1 Å². The van der Waals surface area contributed by atoms with Crippen molar-refractivity contribution in [2.45, 2.75) is 18.2 Å². The van der Waals surface area contributed by atoms with Crippen molar-refractivity contribution in [2.24, 2.45) is 8.73 Å². The second kappa shape index (κ2) is 5.55. The molecule has 1 aromatic carbocycles. The molecule has 0 bridgehead atoms. The molecule has 2 rings (SSSR count). The number of sulfonamides is 1. The number of nitrogens with one attached hydrogen (secondary N) is 1. The van der Waals surface area contributed by atoms with Crippen molar-refractivity contribution in [3.05, 3.63) is 30.4 Å². The summed E-state index contributed by atoms with van der Waals surface area (Å²) in [6, 6.07) is 4.96. The van der Waals surface area contributed by atoms with Crippen molar-refractivity contribution in [1.82, 2.24) is 4.72 Å². The van der Waals surface area contributed by atoms with Crippen molar-refractivity contribution in [2.75, 3.05) is 6.54 Å². The fraction of sp³-hybridized carbons (Fsp3) is 0.273. The molecule has 7 heteroatoms. The van der Waals surface area contributed by atoms with Gasteiger partial charge in [0.1, 0.15) is 16.3 Å². The predicted octanol–water partition coefficient (Wildman–Crippen LogP) is 2.66. The Bertz CT molecular complexity index is 644. The molecule has 0 unspecified atom stereocenters. The maximum Gasteiger partial charge on any atom is 0.242 e. The van der Waals surface area contributed by atoms with E-state index in [0.29, 0.717) is 24.3 Å². The Balaban J connectivity index is 2.21. The summed E-state index contributed by atoms with van der Waals surface area (Å²) in [6.07, 6.45) is 4.47. The minimum atomic E-state index is -3.52. The summed E-state index contributed by atoms with van der Waals surface area (Å²) in [6.45, 7) is 2.27. The maximum atomic E-state index is 12.1. The molecule has 0 saturated carbocycles. The molecule has 0 amide bonds. The molecule has 1 N–H and O–H groups in total. The van der Waals surface area contributed by atoms with E-state index in [1.165, 1.54) is 0 Å². The summed E-state index contributed by atoms with van der Waals surface area (Å²) < 4.78 is 34.8. The van der Waals surface area contributed by atoms with Gasteiger partial charge in [0.2, 0.25) is 10.0 Å². The number of allylic oxidation sites excluding steroid dienone is 1. The van der Waals surface area contributed by atoms with Gasteiger partial charge in [-0.05, 0) is 25.5 Å². The van der Waals surface area contributed by atoms with Gasteiger partial charge in [0.05, 0.1) is 11.4 Å². The molecule has 1 heterocycles. The Morgan fingerprint density at radius 2 is 2.22 bits per heavy atom. The monoisotopic (exact) mass is 283 g/mol. The third-order valence-electron chi connectivity index (χ3n) is 2.38. The lowest BCUT2D eigenvalue weighted by molar-refractivity contribution is 0.582. The van der Waals surface area contributed by atoms with Gasteiger partial charge in [-0.2, -0.15) is 8.73 Å². The minimum absolute atomic E-state index is 0.189. The van der Waals surface area contributed by atoms with Gasteiger partial charge in [-0.1, -0.05) is 18.2 Å². The van der Waals surface area contributed by atoms with Gasteiger partial charge < -0.3 is 0 Å². The highest BCUT2D eigenvalue weighted by Gasteiger charge is 2.21. The van der Waals surface area contributed by atoms with Crippen LogP contribution >= 0.6 is 0 Å². The zero-order chi connectivity index (χ0) is 13.0. The summed E-state index contributed by atoms with van der Waals surface area (Å²) in [4.78, 5) is 0.189. The first-order valence-corrected chi connectivity index (χ1v) is 7.68. The van der Waals surface area contributed by atoms with Crippen LogP contribution in [0.15, 0.2) is 44.0 Å². The maximum absolute atomic E-state index is 12.1. The minimum Gasteiger partial charge on any atom is -0.211 e. The highest BCUT2D eigenvalue weighted by molar-refractivity contribution is 7.89. The van der Waals surface area contributed by atoms with Crippen LogP contribution in [-0.4, -0.2) is 15.0 Å². The van der Waals surface area contributed by atoms with E-state index in [9.17, 15) is 8.42 Å². The van der Waals surface area contributed by atoms with E-state index in [0.717, 1.165) is 11.4 Å². The number of nitrogens with zero attached hydrogens (tertiary/aromatic N) is 2. The number of benzene rings is 1. The lowest BCUT2D eigenvalue weighted by Crippen LogP contribution is -2.24. The largest absolute Gasteiger partial charge is 0.242 e. The number of fused-ring (bicyclic) bond motifs is 1. The van der Waals surface area contributed by atoms with E-state index in [-0.39, 0.29) is 4.90 Å². The Kier molecular flexibility index (Phi) is 4.05. The number of rotatable bonds is 5. The van der Waals surface area contributed by atoms with Gasteiger partial charge in [-0.15, -0.1) is 0 Å². The molecule has 0 aliphatic carbocycles. The van der Waals surface area contributed by atoms with E-state index in [4.69, 9.17) is 0 Å². The topological polar surface area (TPSA) is 70.9 Å². The molecule has 0 saturated heterocycles. The summed E-state index contributed by atoms with van der Waals surface area (Å²) in [5.41, 5.74) is 1.04. The molecule has 1 aromatic rings. The summed E-state index contributed by atoms with van der Waals surface area (Å²) in [5.74, 6) is 0. The first kappa shape index (κ1) is 13.1. The van der Waals surface area contributed by atoms with Gasteiger partial charge in [0, 0.05) is 6.54 Å². The van der Waals surface area contributed by atoms with Crippen molar-refractivity contribution < 1.29 is 8.42 Å². The van der Waals surface area contributed by atoms with Gasteiger partial charge in [0.25, 0.3) is 0 Å². The Morgan fingerprint density at radius 1 is 1.39 bits per heavy atom. The lowest BCUT2D eigenvalue weighted by Gasteiger charge is -2.07. The molecule has 0 atom stereocenters. The van der Waals surface area contributed by atoms with Crippen LogP contribution in [0.4, 0.5) is 11.4 Å². The third-order valence-corrected chi connectivity index (χ3v) is 4.41. The highest BCUT2D eigenvalue weighted by atomic mass is 32.2. The fourth-order valence-corrected chi connectivity index (χ4v) is 3.33. The van der Waals surface area contributed by atoms with Crippen LogP contribution in [0.2, 0.25) is 0 Å². The average Bonchev–Trinajstić information content (AvgIpc) is 2.82. The van der Waals surface area contributed by atoms with Crippen LogP contribution in [-0.2, 0) is 21.4 Å². The van der Waals surface area contributed by atoms with E-state index < -0.39 is 10.0 Å². The average molecular weight is 283 g/mol. The standard InChI is InChI=1S/C11H13N3O2S2/c1-2-3-4-8-12-18(15,16)10-7-5-6-9-11(10)14-17-13-9/h2-3,5-7,12H,4,8H2,1H3/b3-2+. The van der Waals surface area contributed by atoms with Crippen LogP contribution in [0.25, 0.3) is 0 Å². The van der Waals surface area contributed by atoms with Crippen molar-refractivity contribution >= 4 is 32.8 Å². The smallest absolute Gasteiger partial charge is 0.211 e. The van der Waals surface area contributed by atoms with Gasteiger partial charge in [0.15, 0.2) is 0 Å². The first-order valence-electron chi connectivity index (χ1n) is 5.47. The van der Waals surface area contributed by atoms with Crippen molar-refractivity contribution in [1.29, 1.82) is 0 Å². The van der Waals surface area contributed by atoms with E-state index >= 15 is 0 Å². The highest BCUT2D eigenvalue weighted by Crippen LogP contribution is 2.37. The second-order valence-corrected chi connectivity index (χ2v) is 5.91. The van der Waals surface area contributed by atoms with Crippen molar-refractivity contribution in [3.8, 4) is 0 Å². The summed E-state index contributed by atoms with van der Waals surface area (Å²) in [5, 5.41) is 0. The molecule has 96 valence electrons.